The average molecular weight is 466 g/mol. The van der Waals surface area contributed by atoms with Gasteiger partial charge in [0.1, 0.15) is 22.9 Å². The lowest BCUT2D eigenvalue weighted by atomic mass is 9.92. The Morgan fingerprint density at radius 3 is 2.68 bits per heavy atom. The molecule has 2 N–H and O–H groups in total. The predicted molar refractivity (Wildman–Crippen MR) is 127 cm³/mol. The summed E-state index contributed by atoms with van der Waals surface area (Å²) in [6.45, 7) is 2.89. The third-order valence-corrected chi connectivity index (χ3v) is 6.44. The lowest BCUT2D eigenvalue weighted by Gasteiger charge is -2.31. The summed E-state index contributed by atoms with van der Waals surface area (Å²) in [5.41, 5.74) is 1.10. The molecule has 1 unspecified atom stereocenters. The maximum atomic E-state index is 16.1. The van der Waals surface area contributed by atoms with Crippen LogP contribution in [0.15, 0.2) is 36.4 Å². The fourth-order valence-corrected chi connectivity index (χ4v) is 4.87. The molecule has 4 aromatic rings. The number of methoxy groups -OCH3 is 1. The fourth-order valence-electron chi connectivity index (χ4n) is 4.87. The van der Waals surface area contributed by atoms with Gasteiger partial charge in [-0.25, -0.2) is 8.78 Å². The third-order valence-electron chi connectivity index (χ3n) is 6.44. The molecular formula is C26H25F2N3O3. The van der Waals surface area contributed by atoms with Gasteiger partial charge in [0, 0.05) is 24.0 Å². The van der Waals surface area contributed by atoms with Crippen LogP contribution in [0.25, 0.3) is 32.8 Å². The molecule has 1 fully saturated rings. The number of aromatic nitrogens is 2. The van der Waals surface area contributed by atoms with E-state index in [2.05, 4.69) is 9.97 Å². The number of rotatable bonds is 4. The van der Waals surface area contributed by atoms with Crippen LogP contribution in [0.2, 0.25) is 0 Å². The van der Waals surface area contributed by atoms with Crippen molar-refractivity contribution in [3.8, 4) is 22.9 Å². The maximum Gasteiger partial charge on any atom is 0.318 e. The number of hydrogen-bond donors (Lipinski definition) is 2. The van der Waals surface area contributed by atoms with Gasteiger partial charge in [-0.2, -0.15) is 9.97 Å². The molecule has 1 saturated heterocycles. The minimum absolute atomic E-state index is 0.0136. The number of piperidine rings is 1. The first kappa shape index (κ1) is 22.3. The zero-order valence-electron chi connectivity index (χ0n) is 19.0. The van der Waals surface area contributed by atoms with Crippen LogP contribution in [-0.2, 0) is 6.42 Å². The van der Waals surface area contributed by atoms with E-state index >= 15 is 4.39 Å². The molecule has 1 aromatic heterocycles. The van der Waals surface area contributed by atoms with Gasteiger partial charge >= 0.3 is 6.01 Å². The molecule has 1 aliphatic rings. The Morgan fingerprint density at radius 1 is 1.12 bits per heavy atom. The Kier molecular flexibility index (Phi) is 5.69. The van der Waals surface area contributed by atoms with Crippen LogP contribution in [-0.4, -0.2) is 46.5 Å². The van der Waals surface area contributed by atoms with Gasteiger partial charge in [0.05, 0.1) is 13.2 Å². The molecule has 0 radical (unpaired) electrons. The standard InChI is InChI=1S/C26H25F2N3O3/c1-3-17-21(27)9-6-14-11-16(33)12-20(22(14)17)18-7-8-19-24(23(18)28)29-26(34-2)30-25(19)31-10-4-5-15(32)13-31/h6-9,11-12,15,32-33H,3-5,10,13H2,1-2H3. The second-order valence-corrected chi connectivity index (χ2v) is 8.57. The summed E-state index contributed by atoms with van der Waals surface area (Å²) in [7, 11) is 1.41. The first-order chi connectivity index (χ1) is 16.4. The third kappa shape index (κ3) is 3.68. The first-order valence-electron chi connectivity index (χ1n) is 11.3. The summed E-state index contributed by atoms with van der Waals surface area (Å²) < 4.78 is 36.0. The van der Waals surface area contributed by atoms with Crippen molar-refractivity contribution in [2.24, 2.45) is 0 Å². The lowest BCUT2D eigenvalue weighted by molar-refractivity contribution is 0.154. The number of aryl methyl sites for hydroxylation is 1. The number of aromatic hydroxyl groups is 1. The van der Waals surface area contributed by atoms with Crippen LogP contribution < -0.4 is 9.64 Å². The number of benzene rings is 3. The number of anilines is 1. The average Bonchev–Trinajstić information content (AvgIpc) is 2.83. The number of nitrogens with zero attached hydrogens (tertiary/aromatic N) is 3. The number of hydrogen-bond acceptors (Lipinski definition) is 6. The zero-order chi connectivity index (χ0) is 24.0. The quantitative estimate of drug-likeness (QED) is 0.443. The number of halogens is 2. The second-order valence-electron chi connectivity index (χ2n) is 8.57. The summed E-state index contributed by atoms with van der Waals surface area (Å²) in [5.74, 6) is -0.542. The van der Waals surface area contributed by atoms with Gasteiger partial charge in [0.25, 0.3) is 0 Å². The van der Waals surface area contributed by atoms with Gasteiger partial charge in [-0.1, -0.05) is 19.1 Å². The smallest absolute Gasteiger partial charge is 0.318 e. The Bertz CT molecular complexity index is 1410. The number of ether oxygens (including phenoxy) is 1. The SMILES string of the molecule is CCc1c(F)ccc2cc(O)cc(-c3ccc4c(N5CCCC(O)C5)nc(OC)nc4c3F)c12. The van der Waals surface area contributed by atoms with Gasteiger partial charge in [0.15, 0.2) is 5.82 Å². The second kappa shape index (κ2) is 8.68. The Balaban J connectivity index is 1.78. The highest BCUT2D eigenvalue weighted by Crippen LogP contribution is 2.40. The van der Waals surface area contributed by atoms with E-state index in [9.17, 15) is 14.6 Å². The van der Waals surface area contributed by atoms with Gasteiger partial charge < -0.3 is 19.8 Å². The van der Waals surface area contributed by atoms with E-state index < -0.39 is 11.9 Å². The van der Waals surface area contributed by atoms with Crippen molar-refractivity contribution in [1.82, 2.24) is 9.97 Å². The molecule has 0 saturated carbocycles. The Hall–Kier alpha value is -3.52. The van der Waals surface area contributed by atoms with E-state index in [1.54, 1.807) is 24.3 Å². The van der Waals surface area contributed by atoms with E-state index in [0.29, 0.717) is 59.0 Å². The number of aliphatic hydroxyl groups is 1. The fraction of sp³-hybridized carbons (Fsp3) is 0.308. The van der Waals surface area contributed by atoms with Crippen LogP contribution in [0.5, 0.6) is 11.8 Å². The summed E-state index contributed by atoms with van der Waals surface area (Å²) in [6.07, 6.45) is 1.41. The van der Waals surface area contributed by atoms with Crippen molar-refractivity contribution in [2.45, 2.75) is 32.3 Å². The van der Waals surface area contributed by atoms with Gasteiger partial charge in [-0.15, -0.1) is 0 Å². The summed E-state index contributed by atoms with van der Waals surface area (Å²) in [6, 6.07) is 9.28. The molecule has 1 atom stereocenters. The molecule has 8 heteroatoms. The first-order valence-corrected chi connectivity index (χ1v) is 11.3. The largest absolute Gasteiger partial charge is 0.508 e. The highest BCUT2D eigenvalue weighted by atomic mass is 19.1. The van der Waals surface area contributed by atoms with E-state index in [1.165, 1.54) is 19.2 Å². The number of phenols is 1. The van der Waals surface area contributed by atoms with Crippen LogP contribution in [0, 0.1) is 11.6 Å². The Morgan fingerprint density at radius 2 is 1.94 bits per heavy atom. The zero-order valence-corrected chi connectivity index (χ0v) is 19.0. The molecule has 0 aliphatic carbocycles. The van der Waals surface area contributed by atoms with Crippen molar-refractivity contribution < 1.29 is 23.7 Å². The van der Waals surface area contributed by atoms with Crippen LogP contribution in [0.4, 0.5) is 14.6 Å². The van der Waals surface area contributed by atoms with E-state index in [0.717, 1.165) is 6.42 Å². The van der Waals surface area contributed by atoms with Crippen LogP contribution in [0.3, 0.4) is 0 Å². The monoisotopic (exact) mass is 465 g/mol. The molecule has 0 amide bonds. The minimum atomic E-state index is -0.616. The summed E-state index contributed by atoms with van der Waals surface area (Å²) >= 11 is 0. The van der Waals surface area contributed by atoms with Crippen LogP contribution in [0.1, 0.15) is 25.3 Å². The maximum absolute atomic E-state index is 16.1. The normalized spacial score (nSPS) is 16.4. The van der Waals surface area contributed by atoms with E-state index in [-0.39, 0.29) is 28.7 Å². The predicted octanol–water partition coefficient (Wildman–Crippen LogP) is 4.97. The molecule has 1 aliphatic heterocycles. The van der Waals surface area contributed by atoms with Crippen molar-refractivity contribution in [2.75, 3.05) is 25.1 Å². The van der Waals surface area contributed by atoms with Gasteiger partial charge in [-0.05, 0) is 65.4 Å². The molecule has 176 valence electrons. The molecular weight excluding hydrogens is 440 g/mol. The molecule has 5 rings (SSSR count). The molecule has 34 heavy (non-hydrogen) atoms. The number of phenolic OH excluding ortho intramolecular Hbond substituents is 1. The lowest BCUT2D eigenvalue weighted by Crippen LogP contribution is -2.38. The van der Waals surface area contributed by atoms with Crippen molar-refractivity contribution in [3.63, 3.8) is 0 Å². The molecule has 0 spiro atoms. The highest BCUT2D eigenvalue weighted by molar-refractivity contribution is 6.03. The molecule has 6 nitrogen and oxygen atoms in total. The summed E-state index contributed by atoms with van der Waals surface area (Å²) in [4.78, 5) is 10.6. The highest BCUT2D eigenvalue weighted by Gasteiger charge is 2.25. The van der Waals surface area contributed by atoms with Gasteiger partial charge in [0.2, 0.25) is 0 Å². The van der Waals surface area contributed by atoms with Gasteiger partial charge in [-0.3, -0.25) is 0 Å². The van der Waals surface area contributed by atoms with Crippen molar-refractivity contribution >= 4 is 27.5 Å². The number of fused-ring (bicyclic) bond motifs is 2. The van der Waals surface area contributed by atoms with E-state index in [4.69, 9.17) is 4.74 Å². The summed E-state index contributed by atoms with van der Waals surface area (Å²) in [5, 5.41) is 22.1. The number of β-amino-alcohol motifs (C(OH)–C–C–N with tert-alkyl or cyclic N) is 1. The van der Waals surface area contributed by atoms with E-state index in [1.807, 2.05) is 11.8 Å². The van der Waals surface area contributed by atoms with Crippen LogP contribution >= 0.6 is 0 Å². The molecule has 0 bridgehead atoms. The topological polar surface area (TPSA) is 78.7 Å². The van der Waals surface area contributed by atoms with Crippen molar-refractivity contribution in [3.05, 3.63) is 53.6 Å². The van der Waals surface area contributed by atoms with Crippen molar-refractivity contribution in [1.29, 1.82) is 0 Å². The molecule has 3 aromatic carbocycles. The Labute approximate surface area is 195 Å². The minimum Gasteiger partial charge on any atom is -0.508 e. The number of aliphatic hydroxyl groups excluding tert-OH is 1. The molecule has 2 heterocycles.